The van der Waals surface area contributed by atoms with Crippen molar-refractivity contribution in [3.8, 4) is 0 Å². The van der Waals surface area contributed by atoms with E-state index in [2.05, 4.69) is 12.2 Å². The minimum atomic E-state index is -3.41. The van der Waals surface area contributed by atoms with Crippen molar-refractivity contribution in [3.63, 3.8) is 0 Å². The number of sulfonamides is 1. The van der Waals surface area contributed by atoms with Crippen molar-refractivity contribution < 1.29 is 13.2 Å². The van der Waals surface area contributed by atoms with Gasteiger partial charge >= 0.3 is 0 Å². The summed E-state index contributed by atoms with van der Waals surface area (Å²) in [6.07, 6.45) is 8.55. The molecule has 1 aromatic rings. The van der Waals surface area contributed by atoms with Gasteiger partial charge in [0.25, 0.3) is 0 Å². The first-order valence-electron chi connectivity index (χ1n) is 10.8. The molecule has 1 saturated heterocycles. The second kappa shape index (κ2) is 8.15. The smallest absolute Gasteiger partial charge is 0.243 e. The van der Waals surface area contributed by atoms with Gasteiger partial charge in [-0.1, -0.05) is 25.0 Å². The molecule has 6 heteroatoms. The van der Waals surface area contributed by atoms with Gasteiger partial charge in [-0.05, 0) is 74.5 Å². The zero-order valence-corrected chi connectivity index (χ0v) is 17.6. The highest BCUT2D eigenvalue weighted by Gasteiger charge is 2.42. The molecule has 28 heavy (non-hydrogen) atoms. The third-order valence-electron chi connectivity index (χ3n) is 7.06. The molecule has 1 heterocycles. The molecule has 4 atom stereocenters. The normalized spacial score (nSPS) is 29.0. The highest BCUT2D eigenvalue weighted by molar-refractivity contribution is 7.89. The van der Waals surface area contributed by atoms with Crippen LogP contribution < -0.4 is 5.32 Å². The fraction of sp³-hybridized carbons (Fsp3) is 0.682. The summed E-state index contributed by atoms with van der Waals surface area (Å²) in [4.78, 5) is 12.8. The number of piperidine rings is 1. The molecular formula is C22H32N2O3S. The maximum absolute atomic E-state index is 12.7. The van der Waals surface area contributed by atoms with Gasteiger partial charge in [0.05, 0.1) is 11.3 Å². The van der Waals surface area contributed by atoms with Crippen LogP contribution >= 0.6 is 0 Å². The van der Waals surface area contributed by atoms with E-state index < -0.39 is 10.0 Å². The number of rotatable bonds is 6. The Morgan fingerprint density at radius 2 is 1.82 bits per heavy atom. The van der Waals surface area contributed by atoms with Crippen LogP contribution in [-0.2, 0) is 21.2 Å². The predicted octanol–water partition coefficient (Wildman–Crippen LogP) is 3.34. The van der Waals surface area contributed by atoms with Gasteiger partial charge < -0.3 is 5.32 Å². The van der Waals surface area contributed by atoms with Gasteiger partial charge in [0.15, 0.2) is 0 Å². The average Bonchev–Trinajstić information content (AvgIpc) is 3.32. The predicted molar refractivity (Wildman–Crippen MR) is 109 cm³/mol. The fourth-order valence-electron chi connectivity index (χ4n) is 5.54. The van der Waals surface area contributed by atoms with Crippen molar-refractivity contribution in [2.75, 3.05) is 13.1 Å². The van der Waals surface area contributed by atoms with Gasteiger partial charge in [-0.25, -0.2) is 8.42 Å². The Labute approximate surface area is 168 Å². The Morgan fingerprint density at radius 3 is 2.43 bits per heavy atom. The average molecular weight is 405 g/mol. The first kappa shape index (κ1) is 19.9. The number of amides is 1. The van der Waals surface area contributed by atoms with E-state index in [0.717, 1.165) is 36.7 Å². The largest absolute Gasteiger partial charge is 0.353 e. The first-order valence-corrected chi connectivity index (χ1v) is 12.3. The minimum absolute atomic E-state index is 0.0295. The lowest BCUT2D eigenvalue weighted by Gasteiger charge is -2.28. The van der Waals surface area contributed by atoms with Crippen LogP contribution in [0.5, 0.6) is 0 Å². The minimum Gasteiger partial charge on any atom is -0.353 e. The quantitative estimate of drug-likeness (QED) is 0.791. The van der Waals surface area contributed by atoms with Crippen molar-refractivity contribution in [1.29, 1.82) is 0 Å². The van der Waals surface area contributed by atoms with Crippen molar-refractivity contribution in [2.45, 2.75) is 69.2 Å². The van der Waals surface area contributed by atoms with E-state index in [9.17, 15) is 13.2 Å². The highest BCUT2D eigenvalue weighted by Crippen LogP contribution is 2.49. The fourth-order valence-corrected chi connectivity index (χ4v) is 7.05. The van der Waals surface area contributed by atoms with Gasteiger partial charge in [0, 0.05) is 19.1 Å². The van der Waals surface area contributed by atoms with Gasteiger partial charge in [-0.15, -0.1) is 0 Å². The van der Waals surface area contributed by atoms with Crippen LogP contribution in [0.4, 0.5) is 0 Å². The van der Waals surface area contributed by atoms with E-state index in [1.54, 1.807) is 28.6 Å². The van der Waals surface area contributed by atoms with Crippen molar-refractivity contribution in [3.05, 3.63) is 29.8 Å². The van der Waals surface area contributed by atoms with E-state index in [0.29, 0.717) is 30.3 Å². The van der Waals surface area contributed by atoms with Gasteiger partial charge in [-0.2, -0.15) is 4.31 Å². The number of carbonyl (C=O) groups is 1. The number of fused-ring (bicyclic) bond motifs is 2. The third-order valence-corrected chi connectivity index (χ3v) is 8.98. The summed E-state index contributed by atoms with van der Waals surface area (Å²) in [6, 6.07) is 7.07. The zero-order valence-electron chi connectivity index (χ0n) is 16.8. The standard InChI is InChI=1S/C22H32N2O3S/c1-16(21-14-18-5-8-19(21)13-18)23-22(25)15-17-6-9-20(10-7-17)28(26,27)24-11-3-2-4-12-24/h6-7,9-10,16,18-19,21H,2-5,8,11-15H2,1H3,(H,23,25). The Morgan fingerprint density at radius 1 is 1.11 bits per heavy atom. The van der Waals surface area contributed by atoms with Crippen LogP contribution in [0.15, 0.2) is 29.2 Å². The SMILES string of the molecule is CC(NC(=O)Cc1ccc(S(=O)(=O)N2CCCCC2)cc1)C1CC2CCC1C2. The zero-order chi connectivity index (χ0) is 19.7. The van der Waals surface area contributed by atoms with E-state index in [1.165, 1.54) is 25.7 Å². The number of hydrogen-bond acceptors (Lipinski definition) is 3. The van der Waals surface area contributed by atoms with Crippen molar-refractivity contribution in [2.24, 2.45) is 17.8 Å². The molecule has 0 radical (unpaired) electrons. The molecule has 4 rings (SSSR count). The Bertz CT molecular complexity index is 800. The lowest BCUT2D eigenvalue weighted by atomic mass is 9.84. The number of benzene rings is 1. The molecule has 0 spiro atoms. The molecule has 2 saturated carbocycles. The topological polar surface area (TPSA) is 66.5 Å². The van der Waals surface area contributed by atoms with Crippen LogP contribution in [0.3, 0.4) is 0 Å². The van der Waals surface area contributed by atoms with Crippen LogP contribution in [0.2, 0.25) is 0 Å². The summed E-state index contributed by atoms with van der Waals surface area (Å²) in [6.45, 7) is 3.35. The van der Waals surface area contributed by atoms with Gasteiger partial charge in [-0.3, -0.25) is 4.79 Å². The number of carbonyl (C=O) groups excluding carboxylic acids is 1. The summed E-state index contributed by atoms with van der Waals surface area (Å²) in [5.74, 6) is 2.32. The molecule has 1 aliphatic heterocycles. The van der Waals surface area contributed by atoms with Crippen molar-refractivity contribution in [1.82, 2.24) is 9.62 Å². The maximum Gasteiger partial charge on any atom is 0.243 e. The highest BCUT2D eigenvalue weighted by atomic mass is 32.2. The Hall–Kier alpha value is -1.40. The molecule has 3 aliphatic rings. The number of nitrogens with one attached hydrogen (secondary N) is 1. The first-order chi connectivity index (χ1) is 13.4. The van der Waals surface area contributed by atoms with Gasteiger partial charge in [0.1, 0.15) is 0 Å². The molecule has 4 unspecified atom stereocenters. The summed E-state index contributed by atoms with van der Waals surface area (Å²) >= 11 is 0. The van der Waals surface area contributed by atoms with Gasteiger partial charge in [0.2, 0.25) is 15.9 Å². The molecule has 5 nitrogen and oxygen atoms in total. The molecule has 0 aromatic heterocycles. The number of hydrogen-bond donors (Lipinski definition) is 1. The van der Waals surface area contributed by atoms with E-state index >= 15 is 0 Å². The van der Waals surface area contributed by atoms with E-state index in [4.69, 9.17) is 0 Å². The van der Waals surface area contributed by atoms with E-state index in [-0.39, 0.29) is 11.9 Å². The maximum atomic E-state index is 12.7. The second-order valence-corrected chi connectivity index (χ2v) is 10.9. The lowest BCUT2D eigenvalue weighted by Crippen LogP contribution is -2.40. The third kappa shape index (κ3) is 4.13. The molecule has 1 amide bonds. The molecule has 2 bridgehead atoms. The van der Waals surface area contributed by atoms with Crippen LogP contribution in [0.25, 0.3) is 0 Å². The molecular weight excluding hydrogens is 372 g/mol. The Balaban J connectivity index is 1.33. The lowest BCUT2D eigenvalue weighted by molar-refractivity contribution is -0.121. The molecule has 1 N–H and O–H groups in total. The second-order valence-electron chi connectivity index (χ2n) is 8.98. The van der Waals surface area contributed by atoms with Crippen LogP contribution in [0.1, 0.15) is 57.4 Å². The summed E-state index contributed by atoms with van der Waals surface area (Å²) < 4.78 is 27.0. The summed E-state index contributed by atoms with van der Waals surface area (Å²) in [5.41, 5.74) is 0.857. The van der Waals surface area contributed by atoms with Crippen LogP contribution in [0, 0.1) is 17.8 Å². The molecule has 2 aliphatic carbocycles. The van der Waals surface area contributed by atoms with E-state index in [1.807, 2.05) is 0 Å². The summed E-state index contributed by atoms with van der Waals surface area (Å²) in [7, 11) is -3.41. The molecule has 3 fully saturated rings. The van der Waals surface area contributed by atoms with Crippen LogP contribution in [-0.4, -0.2) is 37.8 Å². The summed E-state index contributed by atoms with van der Waals surface area (Å²) in [5, 5.41) is 3.19. The molecule has 154 valence electrons. The number of nitrogens with zero attached hydrogens (tertiary/aromatic N) is 1. The monoisotopic (exact) mass is 404 g/mol. The van der Waals surface area contributed by atoms with Crippen molar-refractivity contribution >= 4 is 15.9 Å². The Kier molecular flexibility index (Phi) is 5.79. The molecule has 1 aromatic carbocycles.